The van der Waals surface area contributed by atoms with E-state index >= 15 is 0 Å². The zero-order valence-corrected chi connectivity index (χ0v) is 10.8. The molecule has 1 saturated carbocycles. The molecule has 2 aliphatic rings. The lowest BCUT2D eigenvalue weighted by molar-refractivity contribution is 0.258. The molecule has 0 nitrogen and oxygen atoms in total. The summed E-state index contributed by atoms with van der Waals surface area (Å²) in [7, 11) is 0. The van der Waals surface area contributed by atoms with Crippen molar-refractivity contribution in [3.8, 4) is 0 Å². The van der Waals surface area contributed by atoms with E-state index in [4.69, 9.17) is 0 Å². The fourth-order valence-corrected chi connectivity index (χ4v) is 3.67. The summed E-state index contributed by atoms with van der Waals surface area (Å²) in [4.78, 5) is 0. The first kappa shape index (κ1) is 11.2. The molecule has 0 unspecified atom stereocenters. The highest BCUT2D eigenvalue weighted by Gasteiger charge is 2.33. The molecule has 0 N–H and O–H groups in total. The molecule has 1 fully saturated rings. The average Bonchev–Trinajstić information content (AvgIpc) is 2.17. The number of rotatable bonds is 1. The van der Waals surface area contributed by atoms with Gasteiger partial charge < -0.3 is 0 Å². The molecule has 0 amide bonds. The Kier molecular flexibility index (Phi) is 3.23. The van der Waals surface area contributed by atoms with Gasteiger partial charge in [0.2, 0.25) is 0 Å². The maximum Gasteiger partial charge on any atom is -0.0174 e. The second-order valence-electron chi connectivity index (χ2n) is 6.21. The Morgan fingerprint density at radius 3 is 2.47 bits per heavy atom. The summed E-state index contributed by atoms with van der Waals surface area (Å²) in [6.07, 6.45) is 7.16. The lowest BCUT2D eigenvalue weighted by Gasteiger charge is -2.40. The SMILES string of the molecule is CC(C)C1=C2C[C@@H](C)CC[C@H]2[C@@H](C)CC1. The van der Waals surface area contributed by atoms with E-state index in [0.29, 0.717) is 0 Å². The minimum atomic E-state index is 0.792. The smallest absolute Gasteiger partial charge is 0.0174 e. The van der Waals surface area contributed by atoms with Crippen LogP contribution in [-0.2, 0) is 0 Å². The van der Waals surface area contributed by atoms with Crippen molar-refractivity contribution in [2.24, 2.45) is 23.7 Å². The molecule has 0 bridgehead atoms. The van der Waals surface area contributed by atoms with Gasteiger partial charge in [0.05, 0.1) is 0 Å². The standard InChI is InChI=1S/C15H26/c1-10(2)13-8-6-12(4)14-7-5-11(3)9-15(13)14/h10-12,14H,5-9H2,1-4H3/t11-,12-,14-/m0/s1. The second-order valence-corrected chi connectivity index (χ2v) is 6.21. The summed E-state index contributed by atoms with van der Waals surface area (Å²) in [5, 5.41) is 0. The van der Waals surface area contributed by atoms with Crippen LogP contribution < -0.4 is 0 Å². The van der Waals surface area contributed by atoms with Crippen molar-refractivity contribution in [2.45, 2.75) is 59.8 Å². The summed E-state index contributed by atoms with van der Waals surface area (Å²) in [5.74, 6) is 3.64. The number of fused-ring (bicyclic) bond motifs is 1. The van der Waals surface area contributed by atoms with Gasteiger partial charge in [-0.05, 0) is 55.8 Å². The van der Waals surface area contributed by atoms with Crippen molar-refractivity contribution >= 4 is 0 Å². The highest BCUT2D eigenvalue weighted by Crippen LogP contribution is 2.46. The maximum absolute atomic E-state index is 2.47. The molecule has 3 atom stereocenters. The van der Waals surface area contributed by atoms with Crippen molar-refractivity contribution in [3.05, 3.63) is 11.1 Å². The first-order chi connectivity index (χ1) is 7.09. The lowest BCUT2D eigenvalue weighted by atomic mass is 9.65. The Morgan fingerprint density at radius 2 is 1.80 bits per heavy atom. The molecule has 0 radical (unpaired) electrons. The van der Waals surface area contributed by atoms with E-state index in [0.717, 1.165) is 23.7 Å². The summed E-state index contributed by atoms with van der Waals surface area (Å²) in [6, 6.07) is 0. The van der Waals surface area contributed by atoms with E-state index in [9.17, 15) is 0 Å². The molecular formula is C15H26. The Bertz CT molecular complexity index is 259. The van der Waals surface area contributed by atoms with Crippen molar-refractivity contribution < 1.29 is 0 Å². The van der Waals surface area contributed by atoms with Crippen LogP contribution in [0.15, 0.2) is 11.1 Å². The minimum Gasteiger partial charge on any atom is -0.0681 e. The highest BCUT2D eigenvalue weighted by atomic mass is 14.4. The molecule has 0 saturated heterocycles. The fourth-order valence-electron chi connectivity index (χ4n) is 3.67. The number of hydrogen-bond donors (Lipinski definition) is 0. The molecule has 86 valence electrons. The van der Waals surface area contributed by atoms with Gasteiger partial charge in [-0.15, -0.1) is 0 Å². The van der Waals surface area contributed by atoms with Crippen LogP contribution in [0.1, 0.15) is 59.8 Å². The molecule has 0 aromatic rings. The topological polar surface area (TPSA) is 0 Å². The van der Waals surface area contributed by atoms with Gasteiger partial charge in [0.25, 0.3) is 0 Å². The van der Waals surface area contributed by atoms with Gasteiger partial charge in [-0.2, -0.15) is 0 Å². The molecule has 0 aromatic carbocycles. The molecule has 0 aliphatic heterocycles. The monoisotopic (exact) mass is 206 g/mol. The molecule has 0 heteroatoms. The second kappa shape index (κ2) is 4.31. The highest BCUT2D eigenvalue weighted by molar-refractivity contribution is 5.24. The predicted molar refractivity (Wildman–Crippen MR) is 66.8 cm³/mol. The normalized spacial score (nSPS) is 37.0. The van der Waals surface area contributed by atoms with Gasteiger partial charge in [0.1, 0.15) is 0 Å². The third-order valence-corrected chi connectivity index (χ3v) is 4.65. The largest absolute Gasteiger partial charge is 0.0681 e. The van der Waals surface area contributed by atoms with E-state index in [2.05, 4.69) is 27.7 Å². The lowest BCUT2D eigenvalue weighted by Crippen LogP contribution is -2.27. The van der Waals surface area contributed by atoms with Crippen LogP contribution in [-0.4, -0.2) is 0 Å². The number of hydrogen-bond acceptors (Lipinski definition) is 0. The first-order valence-corrected chi connectivity index (χ1v) is 6.81. The fraction of sp³-hybridized carbons (Fsp3) is 0.867. The maximum atomic E-state index is 2.47. The quantitative estimate of drug-likeness (QED) is 0.540. The zero-order valence-electron chi connectivity index (χ0n) is 10.8. The van der Waals surface area contributed by atoms with Crippen LogP contribution in [0.4, 0.5) is 0 Å². The van der Waals surface area contributed by atoms with E-state index in [1.54, 1.807) is 0 Å². The summed E-state index contributed by atoms with van der Waals surface area (Å²) < 4.78 is 0. The molecule has 0 aromatic heterocycles. The number of allylic oxidation sites excluding steroid dienone is 2. The molecule has 2 aliphatic carbocycles. The molecule has 0 heterocycles. The van der Waals surface area contributed by atoms with Crippen molar-refractivity contribution in [1.29, 1.82) is 0 Å². The Morgan fingerprint density at radius 1 is 1.07 bits per heavy atom. The summed E-state index contributed by atoms with van der Waals surface area (Å²) in [6.45, 7) is 9.67. The van der Waals surface area contributed by atoms with Crippen LogP contribution in [0.3, 0.4) is 0 Å². The summed E-state index contributed by atoms with van der Waals surface area (Å²) >= 11 is 0. The van der Waals surface area contributed by atoms with Gasteiger partial charge in [0, 0.05) is 0 Å². The van der Waals surface area contributed by atoms with Crippen LogP contribution in [0.2, 0.25) is 0 Å². The molecule has 2 rings (SSSR count). The molecular weight excluding hydrogens is 180 g/mol. The van der Waals surface area contributed by atoms with Gasteiger partial charge in [-0.25, -0.2) is 0 Å². The van der Waals surface area contributed by atoms with Crippen LogP contribution in [0, 0.1) is 23.7 Å². The van der Waals surface area contributed by atoms with E-state index in [1.807, 2.05) is 11.1 Å². The van der Waals surface area contributed by atoms with Crippen molar-refractivity contribution in [1.82, 2.24) is 0 Å². The average molecular weight is 206 g/mol. The van der Waals surface area contributed by atoms with Gasteiger partial charge in [0.15, 0.2) is 0 Å². The third-order valence-electron chi connectivity index (χ3n) is 4.65. The van der Waals surface area contributed by atoms with Gasteiger partial charge in [-0.3, -0.25) is 0 Å². The first-order valence-electron chi connectivity index (χ1n) is 6.81. The molecule has 15 heavy (non-hydrogen) atoms. The minimum absolute atomic E-state index is 0.792. The zero-order chi connectivity index (χ0) is 11.0. The van der Waals surface area contributed by atoms with Crippen molar-refractivity contribution in [2.75, 3.05) is 0 Å². The third kappa shape index (κ3) is 2.14. The van der Waals surface area contributed by atoms with Gasteiger partial charge in [-0.1, -0.05) is 38.8 Å². The predicted octanol–water partition coefficient (Wildman–Crippen LogP) is 4.81. The van der Waals surface area contributed by atoms with Crippen LogP contribution >= 0.6 is 0 Å². The van der Waals surface area contributed by atoms with Gasteiger partial charge >= 0.3 is 0 Å². The Hall–Kier alpha value is -0.260. The van der Waals surface area contributed by atoms with E-state index in [-0.39, 0.29) is 0 Å². The van der Waals surface area contributed by atoms with Crippen LogP contribution in [0.5, 0.6) is 0 Å². The Balaban J connectivity index is 2.28. The molecule has 0 spiro atoms. The van der Waals surface area contributed by atoms with E-state index < -0.39 is 0 Å². The van der Waals surface area contributed by atoms with Crippen LogP contribution in [0.25, 0.3) is 0 Å². The van der Waals surface area contributed by atoms with E-state index in [1.165, 1.54) is 32.1 Å². The summed E-state index contributed by atoms with van der Waals surface area (Å²) in [5.41, 5.74) is 3.70. The van der Waals surface area contributed by atoms with Crippen molar-refractivity contribution in [3.63, 3.8) is 0 Å². The Labute approximate surface area is 95.1 Å².